The third-order valence-corrected chi connectivity index (χ3v) is 3.34. The normalized spacial score (nSPS) is 11.3. The predicted molar refractivity (Wildman–Crippen MR) is 80.7 cm³/mol. The summed E-state index contributed by atoms with van der Waals surface area (Å²) < 4.78 is 15.6. The molecule has 1 N–H and O–H groups in total. The molecule has 118 valence electrons. The van der Waals surface area contributed by atoms with E-state index in [9.17, 15) is 4.79 Å². The van der Waals surface area contributed by atoms with Crippen LogP contribution in [-0.2, 0) is 5.41 Å². The average Bonchev–Trinajstić information content (AvgIpc) is 2.94. The Labute approximate surface area is 128 Å². The summed E-state index contributed by atoms with van der Waals surface area (Å²) in [4.78, 5) is 11.0. The number of methoxy groups -OCH3 is 2. The van der Waals surface area contributed by atoms with Gasteiger partial charge in [-0.15, -0.1) is 0 Å². The molecule has 0 saturated heterocycles. The molecule has 0 fully saturated rings. The van der Waals surface area contributed by atoms with Gasteiger partial charge in [-0.05, 0) is 23.1 Å². The molecule has 0 radical (unpaired) electrons. The summed E-state index contributed by atoms with van der Waals surface area (Å²) in [7, 11) is 3.08. The van der Waals surface area contributed by atoms with E-state index in [-0.39, 0.29) is 11.2 Å². The molecule has 0 saturated carbocycles. The zero-order chi connectivity index (χ0) is 16.5. The number of aromatic carboxylic acids is 1. The van der Waals surface area contributed by atoms with Gasteiger partial charge in [0.25, 0.3) is 0 Å². The molecule has 0 aliphatic carbocycles. The third-order valence-electron chi connectivity index (χ3n) is 3.34. The molecular formula is C16H19NO5. The first-order chi connectivity index (χ1) is 10.3. The van der Waals surface area contributed by atoms with E-state index in [0.717, 1.165) is 5.56 Å². The van der Waals surface area contributed by atoms with Crippen LogP contribution in [0.4, 0.5) is 0 Å². The second kappa shape index (κ2) is 5.71. The van der Waals surface area contributed by atoms with Gasteiger partial charge in [0.05, 0.1) is 14.2 Å². The Hall–Kier alpha value is -2.50. The van der Waals surface area contributed by atoms with Crippen LogP contribution in [-0.4, -0.2) is 30.5 Å². The van der Waals surface area contributed by atoms with Gasteiger partial charge in [-0.2, -0.15) is 0 Å². The highest BCUT2D eigenvalue weighted by Crippen LogP contribution is 2.41. The number of ether oxygens (including phenoxy) is 2. The third kappa shape index (κ3) is 2.90. The molecular weight excluding hydrogens is 286 g/mol. The maximum Gasteiger partial charge on any atom is 0.374 e. The van der Waals surface area contributed by atoms with Crippen molar-refractivity contribution in [3.05, 3.63) is 29.5 Å². The molecule has 6 heteroatoms. The molecule has 1 heterocycles. The molecule has 0 unspecified atom stereocenters. The molecule has 0 bridgehead atoms. The van der Waals surface area contributed by atoms with Crippen molar-refractivity contribution in [1.82, 2.24) is 5.16 Å². The van der Waals surface area contributed by atoms with Gasteiger partial charge in [-0.25, -0.2) is 4.79 Å². The average molecular weight is 305 g/mol. The second-order valence-electron chi connectivity index (χ2n) is 5.89. The van der Waals surface area contributed by atoms with Crippen LogP contribution < -0.4 is 9.47 Å². The fourth-order valence-electron chi connectivity index (χ4n) is 2.09. The summed E-state index contributed by atoms with van der Waals surface area (Å²) in [6.07, 6.45) is 0. The van der Waals surface area contributed by atoms with Crippen molar-refractivity contribution < 1.29 is 23.9 Å². The van der Waals surface area contributed by atoms with Gasteiger partial charge in [0.15, 0.2) is 11.5 Å². The number of carboxylic acids is 1. The minimum Gasteiger partial charge on any atom is -0.493 e. The SMILES string of the molecule is COc1cc(C(C)(C)C)cc(-c2cc(C(=O)O)on2)c1OC. The number of rotatable bonds is 4. The number of carbonyl (C=O) groups is 1. The molecule has 6 nitrogen and oxygen atoms in total. The first-order valence-corrected chi connectivity index (χ1v) is 6.74. The van der Waals surface area contributed by atoms with E-state index in [1.807, 2.05) is 12.1 Å². The van der Waals surface area contributed by atoms with E-state index in [2.05, 4.69) is 25.9 Å². The summed E-state index contributed by atoms with van der Waals surface area (Å²) >= 11 is 0. The Balaban J connectivity index is 2.68. The van der Waals surface area contributed by atoms with Crippen LogP contribution in [0, 0.1) is 0 Å². The van der Waals surface area contributed by atoms with E-state index in [1.54, 1.807) is 7.11 Å². The first-order valence-electron chi connectivity index (χ1n) is 6.74. The Bertz CT molecular complexity index is 697. The standard InChI is InChI=1S/C16H19NO5/c1-16(2,3)9-6-10(14(21-5)12(7-9)20-4)11-8-13(15(18)19)22-17-11/h6-8H,1-5H3,(H,18,19). The number of benzene rings is 1. The van der Waals surface area contributed by atoms with Crippen LogP contribution in [0.25, 0.3) is 11.3 Å². The van der Waals surface area contributed by atoms with Gasteiger partial charge in [0.1, 0.15) is 5.69 Å². The van der Waals surface area contributed by atoms with Gasteiger partial charge in [0.2, 0.25) is 5.76 Å². The highest BCUT2D eigenvalue weighted by atomic mass is 16.5. The van der Waals surface area contributed by atoms with Crippen molar-refractivity contribution in [2.45, 2.75) is 26.2 Å². The van der Waals surface area contributed by atoms with Gasteiger partial charge < -0.3 is 19.1 Å². The summed E-state index contributed by atoms with van der Waals surface area (Å²) in [5, 5.41) is 12.8. The topological polar surface area (TPSA) is 81.8 Å². The first kappa shape index (κ1) is 15.9. The zero-order valence-corrected chi connectivity index (χ0v) is 13.3. The highest BCUT2D eigenvalue weighted by Gasteiger charge is 2.23. The number of carboxylic acid groups (broad SMARTS) is 1. The largest absolute Gasteiger partial charge is 0.493 e. The number of hydrogen-bond acceptors (Lipinski definition) is 5. The van der Waals surface area contributed by atoms with Gasteiger partial charge in [-0.1, -0.05) is 25.9 Å². The predicted octanol–water partition coefficient (Wildman–Crippen LogP) is 3.35. The lowest BCUT2D eigenvalue weighted by molar-refractivity contribution is 0.0652. The molecule has 1 aromatic carbocycles. The summed E-state index contributed by atoms with van der Waals surface area (Å²) in [6, 6.07) is 5.18. The monoisotopic (exact) mass is 305 g/mol. The summed E-state index contributed by atoms with van der Waals surface area (Å²) in [6.45, 7) is 6.22. The van der Waals surface area contributed by atoms with E-state index in [0.29, 0.717) is 22.8 Å². The van der Waals surface area contributed by atoms with Crippen LogP contribution in [0.1, 0.15) is 36.9 Å². The Morgan fingerprint density at radius 1 is 1.18 bits per heavy atom. The minimum absolute atomic E-state index is 0.117. The van der Waals surface area contributed by atoms with Crippen molar-refractivity contribution in [2.24, 2.45) is 0 Å². The van der Waals surface area contributed by atoms with E-state index in [4.69, 9.17) is 19.1 Å². The molecule has 0 atom stereocenters. The molecule has 1 aromatic heterocycles. The lowest BCUT2D eigenvalue weighted by Crippen LogP contribution is -2.12. The highest BCUT2D eigenvalue weighted by molar-refractivity contribution is 5.86. The quantitative estimate of drug-likeness (QED) is 0.932. The lowest BCUT2D eigenvalue weighted by Gasteiger charge is -2.22. The number of nitrogens with zero attached hydrogens (tertiary/aromatic N) is 1. The Morgan fingerprint density at radius 3 is 2.32 bits per heavy atom. The number of hydrogen-bond donors (Lipinski definition) is 1. The fraction of sp³-hybridized carbons (Fsp3) is 0.375. The lowest BCUT2D eigenvalue weighted by atomic mass is 9.85. The van der Waals surface area contributed by atoms with Crippen molar-refractivity contribution in [3.63, 3.8) is 0 Å². The Morgan fingerprint density at radius 2 is 1.86 bits per heavy atom. The van der Waals surface area contributed by atoms with Gasteiger partial charge in [0, 0.05) is 11.6 Å². The summed E-state index contributed by atoms with van der Waals surface area (Å²) in [5.74, 6) is -0.348. The van der Waals surface area contributed by atoms with E-state index < -0.39 is 5.97 Å². The molecule has 0 aliphatic heterocycles. The van der Waals surface area contributed by atoms with Crippen molar-refractivity contribution >= 4 is 5.97 Å². The minimum atomic E-state index is -1.17. The van der Waals surface area contributed by atoms with Crippen molar-refractivity contribution in [1.29, 1.82) is 0 Å². The molecule has 0 spiro atoms. The fourth-order valence-corrected chi connectivity index (χ4v) is 2.09. The van der Waals surface area contributed by atoms with E-state index >= 15 is 0 Å². The van der Waals surface area contributed by atoms with Crippen molar-refractivity contribution in [2.75, 3.05) is 14.2 Å². The van der Waals surface area contributed by atoms with Crippen LogP contribution >= 0.6 is 0 Å². The maximum absolute atomic E-state index is 11.0. The zero-order valence-electron chi connectivity index (χ0n) is 13.3. The molecule has 0 aliphatic rings. The van der Waals surface area contributed by atoms with Crippen molar-refractivity contribution in [3.8, 4) is 22.8 Å². The smallest absolute Gasteiger partial charge is 0.374 e. The van der Waals surface area contributed by atoms with Crippen LogP contribution in [0.5, 0.6) is 11.5 Å². The molecule has 2 rings (SSSR count). The molecule has 22 heavy (non-hydrogen) atoms. The molecule has 0 amide bonds. The van der Waals surface area contributed by atoms with Crippen LogP contribution in [0.3, 0.4) is 0 Å². The Kier molecular flexibility index (Phi) is 4.12. The van der Waals surface area contributed by atoms with Gasteiger partial charge in [-0.3, -0.25) is 0 Å². The second-order valence-corrected chi connectivity index (χ2v) is 5.89. The van der Waals surface area contributed by atoms with Gasteiger partial charge >= 0.3 is 5.97 Å². The van der Waals surface area contributed by atoms with Crippen LogP contribution in [0.2, 0.25) is 0 Å². The maximum atomic E-state index is 11.0. The molecule has 2 aromatic rings. The van der Waals surface area contributed by atoms with Crippen LogP contribution in [0.15, 0.2) is 22.7 Å². The number of aromatic nitrogens is 1. The van der Waals surface area contributed by atoms with E-state index in [1.165, 1.54) is 13.2 Å². The summed E-state index contributed by atoms with van der Waals surface area (Å²) in [5.41, 5.74) is 1.91.